The van der Waals surface area contributed by atoms with Crippen LogP contribution in [0.2, 0.25) is 0 Å². The molecule has 1 aromatic carbocycles. The molecule has 9 nitrogen and oxygen atoms in total. The lowest BCUT2D eigenvalue weighted by Crippen LogP contribution is -2.59. The van der Waals surface area contributed by atoms with E-state index in [4.69, 9.17) is 4.74 Å². The van der Waals surface area contributed by atoms with E-state index >= 15 is 0 Å². The lowest BCUT2D eigenvalue weighted by molar-refractivity contribution is -0.148. The van der Waals surface area contributed by atoms with Crippen LogP contribution in [0.3, 0.4) is 0 Å². The number of ether oxygens (including phenoxy) is 1. The molecule has 5 rings (SSSR count). The molecule has 240 valence electrons. The first-order chi connectivity index (χ1) is 21.3. The van der Waals surface area contributed by atoms with Crippen LogP contribution in [0.4, 0.5) is 0 Å². The van der Waals surface area contributed by atoms with Gasteiger partial charge < -0.3 is 24.5 Å². The second-order valence-electron chi connectivity index (χ2n) is 12.8. The number of hydrogen-bond acceptors (Lipinski definition) is 7. The molecule has 4 heterocycles. The molecular weight excluding hydrogens is 576 g/mol. The summed E-state index contributed by atoms with van der Waals surface area (Å²) in [5.41, 5.74) is 1.01. The molecule has 0 aromatic heterocycles. The molecule has 44 heavy (non-hydrogen) atoms. The van der Waals surface area contributed by atoms with Crippen molar-refractivity contribution in [1.29, 1.82) is 0 Å². The van der Waals surface area contributed by atoms with Gasteiger partial charge in [-0.15, -0.1) is 24.9 Å². The maximum atomic E-state index is 14.7. The summed E-state index contributed by atoms with van der Waals surface area (Å²) in [6, 6.07) is 8.58. The molecule has 2 unspecified atom stereocenters. The highest BCUT2D eigenvalue weighted by atomic mass is 32.2. The maximum Gasteiger partial charge on any atom is 0.247 e. The van der Waals surface area contributed by atoms with E-state index in [0.717, 1.165) is 25.1 Å². The van der Waals surface area contributed by atoms with Crippen molar-refractivity contribution in [1.82, 2.24) is 19.6 Å². The van der Waals surface area contributed by atoms with Gasteiger partial charge in [0, 0.05) is 51.1 Å². The molecule has 4 aliphatic heterocycles. The van der Waals surface area contributed by atoms with Crippen LogP contribution in [0, 0.1) is 17.8 Å². The highest BCUT2D eigenvalue weighted by Gasteiger charge is 2.74. The number of fused-ring (bicyclic) bond motifs is 1. The van der Waals surface area contributed by atoms with Gasteiger partial charge >= 0.3 is 0 Å². The van der Waals surface area contributed by atoms with Gasteiger partial charge in [-0.2, -0.15) is 0 Å². The van der Waals surface area contributed by atoms with Crippen LogP contribution in [0.25, 0.3) is 0 Å². The average molecular weight is 625 g/mol. The molecule has 6 atom stereocenters. The van der Waals surface area contributed by atoms with Crippen molar-refractivity contribution in [3.63, 3.8) is 0 Å². The van der Waals surface area contributed by atoms with E-state index < -0.39 is 28.7 Å². The van der Waals surface area contributed by atoms with E-state index in [1.54, 1.807) is 33.7 Å². The van der Waals surface area contributed by atoms with Gasteiger partial charge in [0.25, 0.3) is 0 Å². The van der Waals surface area contributed by atoms with Crippen molar-refractivity contribution in [3.8, 4) is 0 Å². The third-order valence-electron chi connectivity index (χ3n) is 9.90. The first-order valence-electron chi connectivity index (χ1n) is 16.0. The summed E-state index contributed by atoms with van der Waals surface area (Å²) in [7, 11) is 0. The molecule has 3 amide bonds. The Balaban J connectivity index is 1.48. The Morgan fingerprint density at radius 3 is 2.43 bits per heavy atom. The predicted octanol–water partition coefficient (Wildman–Crippen LogP) is 2.66. The number of morpholine rings is 1. The lowest BCUT2D eigenvalue weighted by atomic mass is 9.70. The molecule has 4 aliphatic rings. The summed E-state index contributed by atoms with van der Waals surface area (Å²) in [6.45, 7) is 16.9. The predicted molar refractivity (Wildman–Crippen MR) is 173 cm³/mol. The van der Waals surface area contributed by atoms with E-state index in [1.165, 1.54) is 0 Å². The molecular formula is C34H48N4O5S. The summed E-state index contributed by atoms with van der Waals surface area (Å²) >= 11 is 1.68. The summed E-state index contributed by atoms with van der Waals surface area (Å²) < 4.78 is 4.78. The molecule has 1 aromatic rings. The molecule has 4 saturated heterocycles. The van der Waals surface area contributed by atoms with Crippen molar-refractivity contribution in [2.45, 2.75) is 55.3 Å². The zero-order chi connectivity index (χ0) is 31.4. The van der Waals surface area contributed by atoms with Crippen LogP contribution >= 0.6 is 11.8 Å². The van der Waals surface area contributed by atoms with E-state index in [0.29, 0.717) is 52.4 Å². The molecule has 2 bridgehead atoms. The fourth-order valence-electron chi connectivity index (χ4n) is 7.74. The second kappa shape index (κ2) is 14.2. The Kier molecular flexibility index (Phi) is 10.6. The Morgan fingerprint density at radius 2 is 1.80 bits per heavy atom. The fourth-order valence-corrected chi connectivity index (χ4v) is 9.93. The zero-order valence-electron chi connectivity index (χ0n) is 26.2. The first-order valence-corrected chi connectivity index (χ1v) is 16.9. The number of aliphatic hydroxyl groups is 1. The van der Waals surface area contributed by atoms with E-state index in [-0.39, 0.29) is 35.5 Å². The second-order valence-corrected chi connectivity index (χ2v) is 14.4. The minimum absolute atomic E-state index is 0.0372. The number of carbonyl (C=O) groups excluding carboxylic acids is 3. The van der Waals surface area contributed by atoms with Crippen LogP contribution in [0.5, 0.6) is 0 Å². The number of thioether (sulfide) groups is 1. The van der Waals surface area contributed by atoms with Gasteiger partial charge in [0.2, 0.25) is 17.7 Å². The third kappa shape index (κ3) is 6.10. The first kappa shape index (κ1) is 32.7. The van der Waals surface area contributed by atoms with E-state index in [2.05, 4.69) is 18.1 Å². The van der Waals surface area contributed by atoms with Crippen molar-refractivity contribution in [2.75, 3.05) is 59.1 Å². The number of rotatable bonds is 14. The largest absolute Gasteiger partial charge is 0.394 e. The number of nitrogens with zero attached hydrogens (tertiary/aromatic N) is 4. The van der Waals surface area contributed by atoms with Crippen molar-refractivity contribution < 1.29 is 24.2 Å². The minimum atomic E-state index is -0.751. The zero-order valence-corrected chi connectivity index (χ0v) is 27.0. The monoisotopic (exact) mass is 624 g/mol. The highest BCUT2D eigenvalue weighted by molar-refractivity contribution is 8.02. The fraction of sp³-hybridized carbons (Fsp3) is 0.618. The minimum Gasteiger partial charge on any atom is -0.394 e. The number of aliphatic hydroxyl groups excluding tert-OH is 1. The van der Waals surface area contributed by atoms with Gasteiger partial charge in [0.05, 0.1) is 42.4 Å². The van der Waals surface area contributed by atoms with Gasteiger partial charge in [-0.1, -0.05) is 56.3 Å². The Bertz CT molecular complexity index is 1210. The Labute approximate surface area is 266 Å². The quantitative estimate of drug-likeness (QED) is 0.318. The summed E-state index contributed by atoms with van der Waals surface area (Å²) in [6.07, 6.45) is 4.93. The molecule has 0 saturated carbocycles. The summed E-state index contributed by atoms with van der Waals surface area (Å²) in [5.74, 6) is -1.55. The molecule has 1 spiro atoms. The van der Waals surface area contributed by atoms with Gasteiger partial charge in [0.15, 0.2) is 0 Å². The van der Waals surface area contributed by atoms with Crippen LogP contribution in [-0.4, -0.2) is 124 Å². The molecule has 4 fully saturated rings. The molecule has 10 heteroatoms. The van der Waals surface area contributed by atoms with Gasteiger partial charge in [0.1, 0.15) is 6.04 Å². The average Bonchev–Trinajstić information content (AvgIpc) is 3.67. The normalized spacial score (nSPS) is 28.6. The Hall–Kier alpha value is -2.66. The van der Waals surface area contributed by atoms with E-state index in [1.807, 2.05) is 49.1 Å². The smallest absolute Gasteiger partial charge is 0.247 e. The number of amides is 3. The molecule has 0 aliphatic carbocycles. The van der Waals surface area contributed by atoms with Gasteiger partial charge in [-0.05, 0) is 24.3 Å². The number of benzene rings is 1. The molecule has 0 radical (unpaired) electrons. The van der Waals surface area contributed by atoms with Crippen molar-refractivity contribution in [3.05, 3.63) is 61.2 Å². The third-order valence-corrected chi connectivity index (χ3v) is 11.9. The topological polar surface area (TPSA) is 93.6 Å². The summed E-state index contributed by atoms with van der Waals surface area (Å²) in [4.78, 5) is 51.4. The van der Waals surface area contributed by atoms with Crippen LogP contribution in [0.1, 0.15) is 32.3 Å². The number of likely N-dealkylation sites (tertiary alicyclic amines) is 1. The number of hydrogen-bond donors (Lipinski definition) is 1. The standard InChI is InChI=1S/C34H48N4O5S/c1-5-14-36(17-16-35-18-20-43-21-19-35)33(42)30-34-13-12-27(44-34)28(29(34)32(41)38(30)26(23-39)24(3)4)31(40)37(15-6-2)22-25-10-8-7-9-11-25/h5-11,24,26-30,39H,1-2,12-23H2,3-4H3/t26-,27-,28+,29-,30?,34?/m0/s1. The number of carbonyl (C=O) groups is 3. The molecule has 1 N–H and O–H groups in total. The van der Waals surface area contributed by atoms with Crippen molar-refractivity contribution >= 4 is 29.5 Å². The van der Waals surface area contributed by atoms with Crippen LogP contribution in [0.15, 0.2) is 55.6 Å². The van der Waals surface area contributed by atoms with Gasteiger partial charge in [-0.3, -0.25) is 19.3 Å². The SMILES string of the molecule is C=CCN(CCN1CCOCC1)C(=O)C1N([C@@H](CO)C(C)C)C(=O)[C@@H]2[C@H](C(=O)N(CC=C)Cc3ccccc3)[C@@H]3CCC12S3. The Morgan fingerprint density at radius 1 is 1.11 bits per heavy atom. The highest BCUT2D eigenvalue weighted by Crippen LogP contribution is 2.67. The van der Waals surface area contributed by atoms with Gasteiger partial charge in [-0.25, -0.2) is 0 Å². The van der Waals surface area contributed by atoms with Crippen molar-refractivity contribution in [2.24, 2.45) is 17.8 Å². The van der Waals surface area contributed by atoms with E-state index in [9.17, 15) is 19.5 Å². The van der Waals surface area contributed by atoms with Crippen LogP contribution in [-0.2, 0) is 25.7 Å². The lowest BCUT2D eigenvalue weighted by Gasteiger charge is -2.41. The van der Waals surface area contributed by atoms with Crippen LogP contribution < -0.4 is 0 Å². The maximum absolute atomic E-state index is 14.7. The summed E-state index contributed by atoms with van der Waals surface area (Å²) in [5, 5.41) is 10.5.